The fraction of sp³-hybridized carbons (Fsp3) is 0.409. The molecule has 0 radical (unpaired) electrons. The van der Waals surface area contributed by atoms with Gasteiger partial charge in [0.05, 0.1) is 0 Å². The van der Waals surface area contributed by atoms with Crippen molar-refractivity contribution < 1.29 is 9.18 Å². The van der Waals surface area contributed by atoms with E-state index in [4.69, 9.17) is 0 Å². The van der Waals surface area contributed by atoms with Gasteiger partial charge in [-0.25, -0.2) is 4.39 Å². The Bertz CT molecular complexity index is 771. The molecule has 1 heterocycles. The molecule has 4 heteroatoms. The highest BCUT2D eigenvalue weighted by Crippen LogP contribution is 2.59. The lowest BCUT2D eigenvalue weighted by molar-refractivity contribution is -0.135. The van der Waals surface area contributed by atoms with Crippen molar-refractivity contribution in [3.05, 3.63) is 71.5 Å². The number of benzene rings is 2. The van der Waals surface area contributed by atoms with E-state index in [-0.39, 0.29) is 23.1 Å². The van der Waals surface area contributed by atoms with Crippen LogP contribution >= 0.6 is 0 Å². The van der Waals surface area contributed by atoms with Crippen LogP contribution in [0.15, 0.2) is 54.6 Å². The average Bonchev–Trinajstić information content (AvgIpc) is 3.36. The van der Waals surface area contributed by atoms with E-state index in [1.54, 1.807) is 12.1 Å². The molecule has 1 aliphatic carbocycles. The average molecular weight is 352 g/mol. The van der Waals surface area contributed by atoms with Gasteiger partial charge in [-0.05, 0) is 49.4 Å². The zero-order chi connectivity index (χ0) is 18.0. The molecule has 3 nitrogen and oxygen atoms in total. The van der Waals surface area contributed by atoms with E-state index < -0.39 is 0 Å². The van der Waals surface area contributed by atoms with Crippen LogP contribution < -0.4 is 5.32 Å². The minimum Gasteiger partial charge on any atom is -0.334 e. The highest BCUT2D eigenvalue weighted by Gasteiger charge is 2.58. The summed E-state index contributed by atoms with van der Waals surface area (Å²) in [5.74, 6) is 0.0323. The molecule has 1 N–H and O–H groups in total. The largest absolute Gasteiger partial charge is 0.334 e. The molecule has 1 aliphatic heterocycles. The van der Waals surface area contributed by atoms with Crippen molar-refractivity contribution in [2.24, 2.45) is 11.3 Å². The van der Waals surface area contributed by atoms with Gasteiger partial charge in [-0.1, -0.05) is 48.5 Å². The van der Waals surface area contributed by atoms with E-state index in [1.165, 1.54) is 6.07 Å². The molecule has 1 saturated carbocycles. The Morgan fingerprint density at radius 3 is 2.46 bits per heavy atom. The van der Waals surface area contributed by atoms with Crippen LogP contribution in [0.3, 0.4) is 0 Å². The van der Waals surface area contributed by atoms with E-state index in [1.807, 2.05) is 41.3 Å². The number of piperidine rings is 1. The van der Waals surface area contributed by atoms with Gasteiger partial charge in [-0.15, -0.1) is 0 Å². The fourth-order valence-corrected chi connectivity index (χ4v) is 4.24. The highest BCUT2D eigenvalue weighted by atomic mass is 19.1. The van der Waals surface area contributed by atoms with E-state index in [9.17, 15) is 9.18 Å². The van der Waals surface area contributed by atoms with Crippen LogP contribution in [0.1, 0.15) is 30.4 Å². The van der Waals surface area contributed by atoms with Crippen molar-refractivity contribution in [3.63, 3.8) is 0 Å². The summed E-state index contributed by atoms with van der Waals surface area (Å²) >= 11 is 0. The Kier molecular flexibility index (Phi) is 4.77. The summed E-state index contributed by atoms with van der Waals surface area (Å²) in [4.78, 5) is 15.1. The highest BCUT2D eigenvalue weighted by molar-refractivity contribution is 5.82. The molecule has 1 saturated heterocycles. The van der Waals surface area contributed by atoms with E-state index in [2.05, 4.69) is 5.32 Å². The lowest BCUT2D eigenvalue weighted by Crippen LogP contribution is -2.36. The Balaban J connectivity index is 1.54. The van der Waals surface area contributed by atoms with Gasteiger partial charge in [0.2, 0.25) is 5.91 Å². The zero-order valence-corrected chi connectivity index (χ0v) is 15.0. The molecule has 0 aromatic heterocycles. The summed E-state index contributed by atoms with van der Waals surface area (Å²) in [5, 5.41) is 3.38. The van der Waals surface area contributed by atoms with Crippen LogP contribution in [0, 0.1) is 17.2 Å². The lowest BCUT2D eigenvalue weighted by atomic mass is 9.91. The number of carbonyl (C=O) groups is 1. The SMILES string of the molecule is O=C(C1CC12CCNCC2)N(Cc1ccccc1)Cc1ccccc1F. The molecule has 2 aromatic carbocycles. The third-order valence-electron chi connectivity index (χ3n) is 5.93. The van der Waals surface area contributed by atoms with Crippen LogP contribution in [-0.4, -0.2) is 23.9 Å². The molecule has 1 unspecified atom stereocenters. The Labute approximate surface area is 154 Å². The van der Waals surface area contributed by atoms with Gasteiger partial charge in [0.25, 0.3) is 0 Å². The number of halogens is 1. The minimum absolute atomic E-state index is 0.0973. The fourth-order valence-electron chi connectivity index (χ4n) is 4.24. The first-order chi connectivity index (χ1) is 12.7. The number of hydrogen-bond donors (Lipinski definition) is 1. The maximum Gasteiger partial charge on any atom is 0.226 e. The van der Waals surface area contributed by atoms with Crippen molar-refractivity contribution in [1.82, 2.24) is 10.2 Å². The van der Waals surface area contributed by atoms with Crippen molar-refractivity contribution >= 4 is 5.91 Å². The molecule has 1 amide bonds. The van der Waals surface area contributed by atoms with E-state index in [0.29, 0.717) is 18.7 Å². The molecule has 26 heavy (non-hydrogen) atoms. The molecule has 2 fully saturated rings. The smallest absolute Gasteiger partial charge is 0.226 e. The third-order valence-corrected chi connectivity index (χ3v) is 5.93. The summed E-state index contributed by atoms with van der Waals surface area (Å²) in [6.45, 7) is 2.84. The normalized spacial score (nSPS) is 20.7. The molecule has 2 aromatic rings. The predicted molar refractivity (Wildman–Crippen MR) is 99.7 cm³/mol. The minimum atomic E-state index is -0.245. The summed E-state index contributed by atoms with van der Waals surface area (Å²) in [7, 11) is 0. The first-order valence-corrected chi connectivity index (χ1v) is 9.45. The first-order valence-electron chi connectivity index (χ1n) is 9.45. The van der Waals surface area contributed by atoms with Gasteiger partial charge in [0.1, 0.15) is 5.82 Å². The maximum atomic E-state index is 14.2. The van der Waals surface area contributed by atoms with E-state index in [0.717, 1.165) is 37.9 Å². The van der Waals surface area contributed by atoms with Gasteiger partial charge in [0, 0.05) is 24.6 Å². The number of hydrogen-bond acceptors (Lipinski definition) is 2. The molecule has 1 atom stereocenters. The van der Waals surface area contributed by atoms with Crippen LogP contribution in [0.4, 0.5) is 4.39 Å². The van der Waals surface area contributed by atoms with E-state index >= 15 is 0 Å². The summed E-state index contributed by atoms with van der Waals surface area (Å²) < 4.78 is 14.2. The quantitative estimate of drug-likeness (QED) is 0.889. The molecule has 4 rings (SSSR count). The number of nitrogens with zero attached hydrogens (tertiary/aromatic N) is 1. The van der Waals surface area contributed by atoms with Crippen LogP contribution in [0.5, 0.6) is 0 Å². The molecular formula is C22H25FN2O. The Morgan fingerprint density at radius 2 is 1.73 bits per heavy atom. The maximum absolute atomic E-state index is 14.2. The van der Waals surface area contributed by atoms with Gasteiger partial charge in [-0.2, -0.15) is 0 Å². The van der Waals surface area contributed by atoms with Crippen molar-refractivity contribution in [2.45, 2.75) is 32.4 Å². The Morgan fingerprint density at radius 1 is 1.04 bits per heavy atom. The number of amides is 1. The van der Waals surface area contributed by atoms with Gasteiger partial charge in [-0.3, -0.25) is 4.79 Å². The van der Waals surface area contributed by atoms with Crippen LogP contribution in [-0.2, 0) is 17.9 Å². The lowest BCUT2D eigenvalue weighted by Gasteiger charge is -2.27. The van der Waals surface area contributed by atoms with Crippen molar-refractivity contribution in [1.29, 1.82) is 0 Å². The molecule has 1 spiro atoms. The predicted octanol–water partition coefficient (Wildman–Crippen LogP) is 3.74. The number of carbonyl (C=O) groups excluding carboxylic acids is 1. The number of rotatable bonds is 5. The Hall–Kier alpha value is -2.20. The summed E-state index contributed by atoms with van der Waals surface area (Å²) in [6.07, 6.45) is 3.13. The standard InChI is InChI=1S/C22H25FN2O/c23-20-9-5-4-8-18(20)16-25(15-17-6-2-1-3-7-17)21(26)19-14-22(19)10-12-24-13-11-22/h1-9,19,24H,10-16H2. The van der Waals surface area contributed by atoms with Gasteiger partial charge >= 0.3 is 0 Å². The van der Waals surface area contributed by atoms with Gasteiger partial charge < -0.3 is 10.2 Å². The molecule has 136 valence electrons. The second kappa shape index (κ2) is 7.20. The zero-order valence-electron chi connectivity index (χ0n) is 15.0. The topological polar surface area (TPSA) is 32.3 Å². The second-order valence-corrected chi connectivity index (χ2v) is 7.64. The monoisotopic (exact) mass is 352 g/mol. The van der Waals surface area contributed by atoms with Crippen LogP contribution in [0.2, 0.25) is 0 Å². The van der Waals surface area contributed by atoms with Crippen molar-refractivity contribution in [3.8, 4) is 0 Å². The first kappa shape index (κ1) is 17.2. The van der Waals surface area contributed by atoms with Crippen molar-refractivity contribution in [2.75, 3.05) is 13.1 Å². The van der Waals surface area contributed by atoms with Gasteiger partial charge in [0.15, 0.2) is 0 Å². The van der Waals surface area contributed by atoms with Crippen LogP contribution in [0.25, 0.3) is 0 Å². The molecule has 0 bridgehead atoms. The second-order valence-electron chi connectivity index (χ2n) is 7.64. The summed E-state index contributed by atoms with van der Waals surface area (Å²) in [5.41, 5.74) is 1.85. The molecule has 2 aliphatic rings. The third kappa shape index (κ3) is 3.51. The molecular weight excluding hydrogens is 327 g/mol. The number of nitrogens with one attached hydrogen (secondary N) is 1. The summed E-state index contributed by atoms with van der Waals surface area (Å²) in [6, 6.07) is 16.7.